The Morgan fingerprint density at radius 3 is 0.963 bits per heavy atom. The van der Waals surface area contributed by atoms with E-state index in [0.29, 0.717) is 0 Å². The third-order valence-electron chi connectivity index (χ3n) is 3.15. The minimum Gasteiger partial charge on any atom is -0.0988 e. The predicted octanol–water partition coefficient (Wildman–Crippen LogP) is 8.55. The normalized spacial score (nSPS) is 7.96. The zero-order valence-corrected chi connectivity index (χ0v) is 17.2. The fourth-order valence-electron chi connectivity index (χ4n) is 1.18. The van der Waals surface area contributed by atoms with E-state index in [0.717, 1.165) is 16.7 Å². The molecule has 27 heavy (non-hydrogen) atoms. The Morgan fingerprint density at radius 2 is 0.852 bits per heavy atom. The van der Waals surface area contributed by atoms with Crippen LogP contribution in [0.1, 0.15) is 31.9 Å². The standard InChI is InChI=1S/2C8H8.C6H10.C5H8/c2*1-2-8-6-4-3-5-7-8;1-5(2)6(3)4;1-4-5(2)3/h2*2-7H,1H2;1,3H2,2,4H3;4H,1-2H2,3H3. The van der Waals surface area contributed by atoms with Gasteiger partial charge in [0, 0.05) is 0 Å². The lowest BCUT2D eigenvalue weighted by Crippen LogP contribution is -1.67. The van der Waals surface area contributed by atoms with Gasteiger partial charge < -0.3 is 0 Å². The van der Waals surface area contributed by atoms with E-state index in [1.165, 1.54) is 11.1 Å². The molecule has 142 valence electrons. The number of benzene rings is 2. The number of hydrogen-bond donors (Lipinski definition) is 0. The van der Waals surface area contributed by atoms with Crippen LogP contribution in [0.25, 0.3) is 12.2 Å². The van der Waals surface area contributed by atoms with Crippen molar-refractivity contribution in [2.24, 2.45) is 0 Å². The zero-order valence-electron chi connectivity index (χ0n) is 17.2. The molecule has 0 heterocycles. The van der Waals surface area contributed by atoms with Gasteiger partial charge >= 0.3 is 0 Å². The van der Waals surface area contributed by atoms with Gasteiger partial charge in [0.1, 0.15) is 0 Å². The summed E-state index contributed by atoms with van der Waals surface area (Å²) in [6, 6.07) is 20.1. The van der Waals surface area contributed by atoms with E-state index in [1.807, 2.05) is 93.6 Å². The van der Waals surface area contributed by atoms with Crippen LogP contribution in [-0.2, 0) is 0 Å². The quantitative estimate of drug-likeness (QED) is 0.480. The first kappa shape index (κ1) is 26.1. The van der Waals surface area contributed by atoms with Crippen molar-refractivity contribution in [3.63, 3.8) is 0 Å². The number of rotatable bonds is 4. The predicted molar refractivity (Wildman–Crippen MR) is 128 cm³/mol. The van der Waals surface area contributed by atoms with Crippen LogP contribution in [0.5, 0.6) is 0 Å². The van der Waals surface area contributed by atoms with Crippen LogP contribution >= 0.6 is 0 Å². The lowest BCUT2D eigenvalue weighted by Gasteiger charge is -1.88. The summed E-state index contributed by atoms with van der Waals surface area (Å²) < 4.78 is 0. The van der Waals surface area contributed by atoms with Crippen LogP contribution in [0.15, 0.2) is 123 Å². The molecule has 0 fully saturated rings. The summed E-state index contributed by atoms with van der Waals surface area (Å²) >= 11 is 0. The van der Waals surface area contributed by atoms with Crippen molar-refractivity contribution >= 4 is 12.2 Å². The Labute approximate surface area is 167 Å². The third-order valence-corrected chi connectivity index (χ3v) is 3.15. The fraction of sp³-hybridized carbons (Fsp3) is 0.111. The van der Waals surface area contributed by atoms with E-state index in [1.54, 1.807) is 6.08 Å². The van der Waals surface area contributed by atoms with Crippen molar-refractivity contribution < 1.29 is 0 Å². The molecule has 0 aliphatic rings. The smallest absolute Gasteiger partial charge is 0.0263 e. The van der Waals surface area contributed by atoms with Gasteiger partial charge in [-0.3, -0.25) is 0 Å². The second kappa shape index (κ2) is 17.7. The molecule has 2 rings (SSSR count). The maximum Gasteiger partial charge on any atom is -0.0263 e. The highest BCUT2D eigenvalue weighted by molar-refractivity contribution is 5.46. The largest absolute Gasteiger partial charge is 0.0988 e. The molecule has 2 aromatic rings. The van der Waals surface area contributed by atoms with Gasteiger partial charge in [0.25, 0.3) is 0 Å². The highest BCUT2D eigenvalue weighted by Crippen LogP contribution is 1.99. The first-order valence-corrected chi connectivity index (χ1v) is 8.72. The SMILES string of the molecule is C=C(C)C(=C)C.C=CC(=C)C.C=Cc1ccccc1.C=Cc1ccccc1. The average Bonchev–Trinajstić information content (AvgIpc) is 2.70. The van der Waals surface area contributed by atoms with Crippen LogP contribution in [0.2, 0.25) is 0 Å². The summed E-state index contributed by atoms with van der Waals surface area (Å²) in [6.07, 6.45) is 5.39. The molecule has 0 unspecified atom stereocenters. The Kier molecular flexibility index (Phi) is 17.1. The molecule has 0 radical (unpaired) electrons. The van der Waals surface area contributed by atoms with Crippen LogP contribution in [0.4, 0.5) is 0 Å². The van der Waals surface area contributed by atoms with Crippen LogP contribution in [-0.4, -0.2) is 0 Å². The van der Waals surface area contributed by atoms with Gasteiger partial charge in [-0.25, -0.2) is 0 Å². The Bertz CT molecular complexity index is 645. The molecule has 0 N–H and O–H groups in total. The van der Waals surface area contributed by atoms with Crippen LogP contribution in [0, 0.1) is 0 Å². The summed E-state index contributed by atoms with van der Waals surface area (Å²) in [6.45, 7) is 27.4. The van der Waals surface area contributed by atoms with E-state index in [4.69, 9.17) is 0 Å². The van der Waals surface area contributed by atoms with Gasteiger partial charge in [0.15, 0.2) is 0 Å². The second-order valence-electron chi connectivity index (χ2n) is 5.84. The first-order chi connectivity index (χ1) is 12.8. The lowest BCUT2D eigenvalue weighted by atomic mass is 10.2. The van der Waals surface area contributed by atoms with E-state index >= 15 is 0 Å². The molecule has 0 heteroatoms. The first-order valence-electron chi connectivity index (χ1n) is 8.72. The second-order valence-corrected chi connectivity index (χ2v) is 5.84. The van der Waals surface area contributed by atoms with Crippen molar-refractivity contribution in [3.8, 4) is 0 Å². The summed E-state index contributed by atoms with van der Waals surface area (Å²) in [7, 11) is 0. The van der Waals surface area contributed by atoms with Crippen molar-refractivity contribution in [1.29, 1.82) is 0 Å². The van der Waals surface area contributed by atoms with Crippen molar-refractivity contribution in [2.45, 2.75) is 20.8 Å². The topological polar surface area (TPSA) is 0 Å². The molecular formula is C27H34. The maximum atomic E-state index is 3.66. The molecule has 0 spiro atoms. The van der Waals surface area contributed by atoms with Crippen molar-refractivity contribution in [2.75, 3.05) is 0 Å². The van der Waals surface area contributed by atoms with Gasteiger partial charge in [0.05, 0.1) is 0 Å². The Balaban J connectivity index is 0. The van der Waals surface area contributed by atoms with Gasteiger partial charge in [-0.1, -0.05) is 135 Å². The van der Waals surface area contributed by atoms with Crippen molar-refractivity contribution in [1.82, 2.24) is 0 Å². The van der Waals surface area contributed by atoms with E-state index in [2.05, 4.69) is 39.5 Å². The van der Waals surface area contributed by atoms with Crippen LogP contribution < -0.4 is 0 Å². The highest BCUT2D eigenvalue weighted by Gasteiger charge is 1.77. The summed E-state index contributed by atoms with van der Waals surface area (Å²) in [5, 5.41) is 0. The molecule has 0 bridgehead atoms. The van der Waals surface area contributed by atoms with Crippen molar-refractivity contribution in [3.05, 3.63) is 134 Å². The summed E-state index contributed by atoms with van der Waals surface area (Å²) in [5.74, 6) is 0. The molecular weight excluding hydrogens is 324 g/mol. The minimum absolute atomic E-state index is 1.02. The fourth-order valence-corrected chi connectivity index (χ4v) is 1.18. The van der Waals surface area contributed by atoms with Gasteiger partial charge in [0.2, 0.25) is 0 Å². The average molecular weight is 359 g/mol. The molecule has 0 nitrogen and oxygen atoms in total. The molecule has 0 aliphatic carbocycles. The Hall–Kier alpha value is -3.12. The molecule has 0 atom stereocenters. The van der Waals surface area contributed by atoms with Gasteiger partial charge in [-0.05, 0) is 31.9 Å². The third kappa shape index (κ3) is 19.1. The number of allylic oxidation sites excluding steroid dienone is 4. The minimum atomic E-state index is 1.02. The Morgan fingerprint density at radius 1 is 0.593 bits per heavy atom. The van der Waals surface area contributed by atoms with E-state index in [9.17, 15) is 0 Å². The zero-order chi connectivity index (χ0) is 21.1. The lowest BCUT2D eigenvalue weighted by molar-refractivity contribution is 1.39. The van der Waals surface area contributed by atoms with Crippen LogP contribution in [0.3, 0.4) is 0 Å². The highest BCUT2D eigenvalue weighted by atomic mass is 13.8. The molecule has 0 aliphatic heterocycles. The number of hydrogen-bond acceptors (Lipinski definition) is 0. The molecule has 0 amide bonds. The molecule has 0 saturated carbocycles. The maximum absolute atomic E-state index is 3.66. The van der Waals surface area contributed by atoms with Gasteiger partial charge in [-0.2, -0.15) is 0 Å². The molecule has 0 saturated heterocycles. The monoisotopic (exact) mass is 358 g/mol. The molecule has 0 aromatic heterocycles. The summed E-state index contributed by atoms with van der Waals surface area (Å²) in [4.78, 5) is 0. The van der Waals surface area contributed by atoms with E-state index in [-0.39, 0.29) is 0 Å². The molecule has 2 aromatic carbocycles. The van der Waals surface area contributed by atoms with Gasteiger partial charge in [-0.15, -0.1) is 0 Å². The van der Waals surface area contributed by atoms with E-state index < -0.39 is 0 Å². The summed E-state index contributed by atoms with van der Waals surface area (Å²) in [5.41, 5.74) is 5.50.